The topological polar surface area (TPSA) is 321 Å². The normalized spacial score (nSPS) is 16.4. The van der Waals surface area contributed by atoms with Crippen molar-refractivity contribution in [3.8, 4) is 5.69 Å². The van der Waals surface area contributed by atoms with E-state index in [-0.39, 0.29) is 53.4 Å². The molecule has 2 fully saturated rings. The number of hydrogen-bond donors (Lipinski definition) is 5. The number of likely N-dealkylation sites (N-methyl/N-ethyl adjacent to an activating group) is 1. The SMILES string of the molecule is CCN1CCN(c2ccc(C(=O)NC3(C(=O)N[C@@H](CCCCNC(=O)CCCN(C)c4ccc(N=Nc5ccc6nc7ccc(N(CC)CC)cc7[n+](-c7ccccc7)c6c5)cc4)C(=O)NCCNC(=O)CCCCCN4\C(=C/C=C/C=C/C5=[N+](CC)c6ccc(S(=O)(=O)[O-])cc6C5(C)C)C(C)(C)c5cc(S(=O)(=O)[O-])ccc54)CCCCC3)cc2)CC1. The summed E-state index contributed by atoms with van der Waals surface area (Å²) in [5.74, 6) is -1.56. The molecule has 1 saturated carbocycles. The molecule has 1 aromatic heterocycles. The summed E-state index contributed by atoms with van der Waals surface area (Å²) in [5, 5.41) is 24.4. The number of hydrogen-bond acceptors (Lipinski definition) is 19. The van der Waals surface area contributed by atoms with Gasteiger partial charge >= 0.3 is 0 Å². The molecule has 646 valence electrons. The molecule has 122 heavy (non-hydrogen) atoms. The molecule has 3 aliphatic heterocycles. The predicted octanol–water partition coefficient (Wildman–Crippen LogP) is 13.7. The fraction of sp³-hybridized carbons (Fsp3) is 0.426. The second-order valence-corrected chi connectivity index (χ2v) is 35.8. The molecule has 0 spiro atoms. The predicted molar refractivity (Wildman–Crippen MR) is 479 cm³/mol. The number of amides is 5. The summed E-state index contributed by atoms with van der Waals surface area (Å²) in [4.78, 5) is 85.8. The third-order valence-corrected chi connectivity index (χ3v) is 26.0. The molecule has 0 radical (unpaired) electrons. The molecule has 28 heteroatoms. The zero-order valence-corrected chi connectivity index (χ0v) is 73.4. The summed E-state index contributed by atoms with van der Waals surface area (Å²) in [5.41, 5.74) is 11.7. The highest BCUT2D eigenvalue weighted by molar-refractivity contribution is 7.86. The number of aromatic nitrogens is 2. The lowest BCUT2D eigenvalue weighted by molar-refractivity contribution is -0.538. The van der Waals surface area contributed by atoms with Gasteiger partial charge in [-0.15, -0.1) is 4.57 Å². The van der Waals surface area contributed by atoms with E-state index in [0.717, 1.165) is 125 Å². The minimum atomic E-state index is -4.76. The van der Waals surface area contributed by atoms with E-state index < -0.39 is 54.5 Å². The van der Waals surface area contributed by atoms with E-state index in [2.05, 4.69) is 122 Å². The number of nitrogens with zero attached hydrogens (tertiary/aromatic N) is 10. The highest BCUT2D eigenvalue weighted by Crippen LogP contribution is 2.49. The Morgan fingerprint density at radius 3 is 1.93 bits per heavy atom. The van der Waals surface area contributed by atoms with Gasteiger partial charge in [0.25, 0.3) is 5.91 Å². The number of carbonyl (C=O) groups excluding carboxylic acids is 5. The Morgan fingerprint density at radius 2 is 1.25 bits per heavy atom. The van der Waals surface area contributed by atoms with Crippen molar-refractivity contribution in [2.75, 3.05) is 112 Å². The van der Waals surface area contributed by atoms with Crippen LogP contribution < -0.4 is 50.8 Å². The van der Waals surface area contributed by atoms with E-state index in [1.54, 1.807) is 24.3 Å². The standard InChI is InChI=1S/C94H117N15O11S2/c1-10-104-59-61-106(62-60-104)71-41-36-67(37-42-71)89(112)100-94(52-24-17-25-53-94)91(114)99-80(31-23-26-54-95-88(111)35-28-57-103(9)70-43-38-68(39-44-70)101-102-69-40-48-78-83(63-69)109(72-29-18-14-19-30-72)84-64-73(105(11-2)12-3)45-49-79(84)98-78)90(113)97-56-55-96-87(110)34-22-16-27-58-108-82-51-47-75(122(118,119)120)66-77(82)93(7,8)86(108)33-21-15-20-32-85-92(5,6)76-65-74(121(115,116)117)46-50-81(76)107(85)13-4/h14-15,18-21,29-30,32-33,36-51,63-66,80H,10-13,16-17,22-28,31,34-35,52-62H2,1-9H3,(H5-2,95,96,97,99,100,110,111,112,113,114,115,116,117,118,119,120)/t80-/m0/s1. The van der Waals surface area contributed by atoms with Crippen LogP contribution in [0.3, 0.4) is 0 Å². The third-order valence-electron chi connectivity index (χ3n) is 24.3. The molecule has 1 aliphatic carbocycles. The zero-order valence-electron chi connectivity index (χ0n) is 71.8. The van der Waals surface area contributed by atoms with Gasteiger partial charge in [-0.05, 0) is 207 Å². The van der Waals surface area contributed by atoms with Crippen LogP contribution in [-0.4, -0.2) is 179 Å². The van der Waals surface area contributed by atoms with Crippen LogP contribution >= 0.6 is 0 Å². The Balaban J connectivity index is 0.629. The average molecular weight is 1700 g/mol. The number of rotatable bonds is 38. The first kappa shape index (κ1) is 90.2. The quantitative estimate of drug-likeness (QED) is 0.00599. The summed E-state index contributed by atoms with van der Waals surface area (Å²) < 4.78 is 77.2. The van der Waals surface area contributed by atoms with Gasteiger partial charge in [0.05, 0.1) is 26.6 Å². The number of benzene rings is 7. The van der Waals surface area contributed by atoms with Crippen LogP contribution in [0, 0.1) is 0 Å². The van der Waals surface area contributed by atoms with E-state index in [1.165, 1.54) is 24.3 Å². The maximum Gasteiger partial charge on any atom is 0.252 e. The van der Waals surface area contributed by atoms with Crippen LogP contribution in [0.15, 0.2) is 208 Å². The summed E-state index contributed by atoms with van der Waals surface area (Å²) >= 11 is 0. The first-order chi connectivity index (χ1) is 58.5. The number of piperazine rings is 1. The second-order valence-electron chi connectivity index (χ2n) is 33.0. The molecule has 0 unspecified atom stereocenters. The highest BCUT2D eigenvalue weighted by atomic mass is 32.2. The maximum atomic E-state index is 14.8. The number of allylic oxidation sites excluding steroid dienone is 6. The molecule has 1 saturated heterocycles. The monoisotopic (exact) mass is 1700 g/mol. The second kappa shape index (κ2) is 40.3. The van der Waals surface area contributed by atoms with Crippen LogP contribution in [0.1, 0.15) is 167 Å². The van der Waals surface area contributed by atoms with Crippen molar-refractivity contribution in [1.82, 2.24) is 36.5 Å². The molecule has 5 N–H and O–H groups in total. The van der Waals surface area contributed by atoms with Gasteiger partial charge in [0, 0.05) is 173 Å². The van der Waals surface area contributed by atoms with Crippen molar-refractivity contribution in [2.45, 2.75) is 177 Å². The van der Waals surface area contributed by atoms with Gasteiger partial charge in [-0.3, -0.25) is 24.0 Å². The molecule has 5 amide bonds. The lowest BCUT2D eigenvalue weighted by atomic mass is 9.80. The number of fused-ring (bicyclic) bond motifs is 4. The van der Waals surface area contributed by atoms with Gasteiger partial charge in [-0.1, -0.05) is 82.9 Å². The number of anilines is 4. The summed E-state index contributed by atoms with van der Waals surface area (Å²) in [7, 11) is -7.44. The minimum Gasteiger partial charge on any atom is -0.744 e. The highest BCUT2D eigenvalue weighted by Gasteiger charge is 2.46. The Morgan fingerprint density at radius 1 is 0.615 bits per heavy atom. The van der Waals surface area contributed by atoms with E-state index in [4.69, 9.17) is 4.98 Å². The van der Waals surface area contributed by atoms with Crippen LogP contribution in [0.25, 0.3) is 27.8 Å². The summed E-state index contributed by atoms with van der Waals surface area (Å²) in [6, 6.07) is 45.9. The maximum absolute atomic E-state index is 14.8. The summed E-state index contributed by atoms with van der Waals surface area (Å²) in [6.45, 7) is 25.1. The fourth-order valence-corrected chi connectivity index (χ4v) is 18.3. The first-order valence-electron chi connectivity index (χ1n) is 43.1. The molecule has 0 bridgehead atoms. The molecule has 4 aliphatic rings. The van der Waals surface area contributed by atoms with Gasteiger partial charge in [0.2, 0.25) is 46.0 Å². The molecule has 8 aromatic rings. The van der Waals surface area contributed by atoms with Gasteiger partial charge < -0.3 is 60.2 Å². The Bertz CT molecular complexity index is 5500. The van der Waals surface area contributed by atoms with Crippen molar-refractivity contribution < 1.29 is 59.1 Å². The molecule has 12 rings (SSSR count). The van der Waals surface area contributed by atoms with Crippen LogP contribution in [0.5, 0.6) is 0 Å². The Kier molecular flexibility index (Phi) is 29.8. The number of nitrogens with one attached hydrogen (secondary N) is 5. The first-order valence-corrected chi connectivity index (χ1v) is 45.9. The van der Waals surface area contributed by atoms with Crippen molar-refractivity contribution in [3.63, 3.8) is 0 Å². The van der Waals surface area contributed by atoms with E-state index in [1.807, 2.05) is 145 Å². The van der Waals surface area contributed by atoms with Gasteiger partial charge in [-0.2, -0.15) is 14.8 Å². The molecule has 1 atom stereocenters. The number of para-hydroxylation sites is 1. The molecular formula is C94H117N15O11S2. The van der Waals surface area contributed by atoms with E-state index >= 15 is 0 Å². The zero-order chi connectivity index (χ0) is 86.9. The molecule has 26 nitrogen and oxygen atoms in total. The van der Waals surface area contributed by atoms with Gasteiger partial charge in [-0.25, -0.2) is 21.8 Å². The van der Waals surface area contributed by atoms with Crippen molar-refractivity contribution in [3.05, 3.63) is 204 Å². The van der Waals surface area contributed by atoms with Crippen molar-refractivity contribution in [2.24, 2.45) is 10.2 Å². The number of azo groups is 1. The van der Waals surface area contributed by atoms with Crippen LogP contribution in [-0.2, 0) is 50.2 Å². The average Bonchev–Trinajstić information content (AvgIpc) is 1.50. The van der Waals surface area contributed by atoms with Crippen molar-refractivity contribution in [1.29, 1.82) is 0 Å². The van der Waals surface area contributed by atoms with Crippen molar-refractivity contribution >= 4 is 117 Å². The number of unbranched alkanes of at least 4 members (excludes halogenated alkanes) is 3. The summed E-state index contributed by atoms with van der Waals surface area (Å²) in [6.07, 6.45) is 16.8. The lowest BCUT2D eigenvalue weighted by Crippen LogP contribution is -2.62. The van der Waals surface area contributed by atoms with E-state index in [9.17, 15) is 49.9 Å². The Labute approximate surface area is 718 Å². The number of carbonyl (C=O) groups is 5. The third kappa shape index (κ3) is 21.7. The Hall–Kier alpha value is -11.0. The van der Waals surface area contributed by atoms with Crippen LogP contribution in [0.4, 0.5) is 39.8 Å². The van der Waals surface area contributed by atoms with E-state index in [0.29, 0.717) is 119 Å². The fourth-order valence-electron chi connectivity index (χ4n) is 17.3. The van der Waals surface area contributed by atoms with Gasteiger partial charge in [0.1, 0.15) is 49.4 Å². The van der Waals surface area contributed by atoms with Gasteiger partial charge in [0.15, 0.2) is 5.71 Å². The molecule has 7 aromatic carbocycles. The largest absolute Gasteiger partial charge is 0.744 e. The lowest BCUT2D eigenvalue weighted by Gasteiger charge is -2.38. The van der Waals surface area contributed by atoms with Crippen LogP contribution in [0.2, 0.25) is 0 Å². The molecule has 4 heterocycles. The molecular weight excluding hydrogens is 1580 g/mol. The minimum absolute atomic E-state index is 0.0737. The smallest absolute Gasteiger partial charge is 0.252 e.